The summed E-state index contributed by atoms with van der Waals surface area (Å²) >= 11 is 0. The van der Waals surface area contributed by atoms with E-state index in [0.717, 1.165) is 0 Å². The number of carbonyl (C=O) groups excluding carboxylic acids is 1. The molecule has 12 heavy (non-hydrogen) atoms. The fraction of sp³-hybridized carbons (Fsp3) is 0.833. The molecule has 6 heteroatoms. The van der Waals surface area contributed by atoms with E-state index in [2.05, 4.69) is 4.74 Å². The van der Waals surface area contributed by atoms with Gasteiger partial charge in [0.25, 0.3) is 0 Å². The number of hydrogen-bond donors (Lipinski definition) is 4. The van der Waals surface area contributed by atoms with Gasteiger partial charge in [-0.3, -0.25) is 0 Å². The van der Waals surface area contributed by atoms with E-state index in [1.54, 1.807) is 0 Å². The van der Waals surface area contributed by atoms with Crippen LogP contribution in [0.3, 0.4) is 0 Å². The van der Waals surface area contributed by atoms with E-state index in [1.807, 2.05) is 0 Å². The first kappa shape index (κ1) is 9.40. The highest BCUT2D eigenvalue weighted by Gasteiger charge is 2.45. The lowest BCUT2D eigenvalue weighted by molar-refractivity contribution is -0.151. The fourth-order valence-corrected chi connectivity index (χ4v) is 1.00. The Morgan fingerprint density at radius 1 is 1.50 bits per heavy atom. The van der Waals surface area contributed by atoms with Crippen molar-refractivity contribution in [3.8, 4) is 0 Å². The molecule has 1 heterocycles. The molecule has 1 aliphatic heterocycles. The summed E-state index contributed by atoms with van der Waals surface area (Å²) < 4.78 is 4.39. The minimum absolute atomic E-state index is 0.637. The Labute approximate surface area is 68.0 Å². The second kappa shape index (κ2) is 3.36. The molecule has 1 unspecified atom stereocenters. The van der Waals surface area contributed by atoms with Gasteiger partial charge in [0.1, 0.15) is 12.2 Å². The predicted molar refractivity (Wildman–Crippen MR) is 35.0 cm³/mol. The Morgan fingerprint density at radius 3 is 2.42 bits per heavy atom. The highest BCUT2D eigenvalue weighted by Crippen LogP contribution is 2.18. The van der Waals surface area contributed by atoms with Crippen LogP contribution < -0.4 is 0 Å². The lowest BCUT2D eigenvalue weighted by Gasteiger charge is -2.17. The van der Waals surface area contributed by atoms with Crippen molar-refractivity contribution in [2.75, 3.05) is 6.61 Å². The summed E-state index contributed by atoms with van der Waals surface area (Å²) in [5.41, 5.74) is 0. The van der Waals surface area contributed by atoms with Crippen LogP contribution in [0.2, 0.25) is 0 Å². The maximum Gasteiger partial charge on any atom is 0.338 e. The Kier molecular flexibility index (Phi) is 2.63. The zero-order valence-corrected chi connectivity index (χ0v) is 6.12. The number of cyclic esters (lactones) is 1. The smallest absolute Gasteiger partial charge is 0.338 e. The third kappa shape index (κ3) is 1.42. The molecule has 70 valence electrons. The molecular weight excluding hydrogens is 168 g/mol. The van der Waals surface area contributed by atoms with E-state index in [1.165, 1.54) is 0 Å². The Balaban J connectivity index is 2.64. The summed E-state index contributed by atoms with van der Waals surface area (Å²) in [6.45, 7) is -0.637. The standard InChI is InChI=1S/C6H10O6/c7-1-2(8)5-3(9)4(10)6(11)12-5/h2-5,7-10H,1H2/t2?,3-,4+,5-/m1/s1. The van der Waals surface area contributed by atoms with Crippen molar-refractivity contribution in [1.82, 2.24) is 0 Å². The van der Waals surface area contributed by atoms with Crippen LogP contribution >= 0.6 is 0 Å². The van der Waals surface area contributed by atoms with Gasteiger partial charge in [-0.05, 0) is 0 Å². The summed E-state index contributed by atoms with van der Waals surface area (Å²) in [4.78, 5) is 10.6. The van der Waals surface area contributed by atoms with Crippen molar-refractivity contribution in [3.05, 3.63) is 0 Å². The van der Waals surface area contributed by atoms with Crippen molar-refractivity contribution in [3.63, 3.8) is 0 Å². The highest BCUT2D eigenvalue weighted by atomic mass is 16.6. The molecular formula is C6H10O6. The van der Waals surface area contributed by atoms with E-state index < -0.39 is 37.0 Å². The molecule has 0 bridgehead atoms. The molecule has 0 aromatic carbocycles. The topological polar surface area (TPSA) is 107 Å². The first-order valence-electron chi connectivity index (χ1n) is 3.43. The van der Waals surface area contributed by atoms with Crippen molar-refractivity contribution in [2.45, 2.75) is 24.4 Å². The lowest BCUT2D eigenvalue weighted by Crippen LogP contribution is -2.40. The fourth-order valence-electron chi connectivity index (χ4n) is 1.00. The first-order chi connectivity index (χ1) is 5.57. The van der Waals surface area contributed by atoms with Crippen LogP contribution in [0, 0.1) is 0 Å². The molecule has 1 fully saturated rings. The number of aliphatic hydroxyl groups is 4. The Morgan fingerprint density at radius 2 is 2.08 bits per heavy atom. The Hall–Kier alpha value is -0.690. The molecule has 0 amide bonds. The molecule has 1 rings (SSSR count). The number of ether oxygens (including phenoxy) is 1. The number of hydrogen-bond acceptors (Lipinski definition) is 6. The summed E-state index contributed by atoms with van der Waals surface area (Å²) in [7, 11) is 0. The number of rotatable bonds is 2. The second-order valence-corrected chi connectivity index (χ2v) is 2.59. The van der Waals surface area contributed by atoms with Gasteiger partial charge in [0.05, 0.1) is 6.61 Å². The van der Waals surface area contributed by atoms with Crippen molar-refractivity contribution < 1.29 is 30.0 Å². The number of esters is 1. The van der Waals surface area contributed by atoms with E-state index >= 15 is 0 Å². The van der Waals surface area contributed by atoms with Gasteiger partial charge in [0, 0.05) is 0 Å². The van der Waals surface area contributed by atoms with Gasteiger partial charge in [-0.1, -0.05) is 0 Å². The van der Waals surface area contributed by atoms with Crippen molar-refractivity contribution in [1.29, 1.82) is 0 Å². The summed E-state index contributed by atoms with van der Waals surface area (Å²) in [6, 6.07) is 0. The van der Waals surface area contributed by atoms with Gasteiger partial charge in [-0.15, -0.1) is 0 Å². The zero-order valence-electron chi connectivity index (χ0n) is 6.12. The van der Waals surface area contributed by atoms with E-state index in [4.69, 9.17) is 20.4 Å². The van der Waals surface area contributed by atoms with Crippen LogP contribution in [-0.4, -0.2) is 57.4 Å². The quantitative estimate of drug-likeness (QED) is 0.335. The number of carbonyl (C=O) groups is 1. The maximum absolute atomic E-state index is 10.6. The van der Waals surface area contributed by atoms with Gasteiger partial charge < -0.3 is 25.2 Å². The van der Waals surface area contributed by atoms with Crippen LogP contribution in [0.1, 0.15) is 0 Å². The van der Waals surface area contributed by atoms with Gasteiger partial charge in [0.15, 0.2) is 12.2 Å². The van der Waals surface area contributed by atoms with E-state index in [-0.39, 0.29) is 0 Å². The molecule has 4 atom stereocenters. The number of aliphatic hydroxyl groups excluding tert-OH is 4. The van der Waals surface area contributed by atoms with Gasteiger partial charge >= 0.3 is 5.97 Å². The second-order valence-electron chi connectivity index (χ2n) is 2.59. The molecule has 0 radical (unpaired) electrons. The van der Waals surface area contributed by atoms with Crippen LogP contribution in [0.4, 0.5) is 0 Å². The third-order valence-corrected chi connectivity index (χ3v) is 1.72. The Bertz CT molecular complexity index is 181. The molecule has 1 aliphatic rings. The average molecular weight is 178 g/mol. The zero-order chi connectivity index (χ0) is 9.30. The summed E-state index contributed by atoms with van der Waals surface area (Å²) in [6.07, 6.45) is -5.70. The van der Waals surface area contributed by atoms with Crippen LogP contribution in [0.15, 0.2) is 0 Å². The van der Waals surface area contributed by atoms with Gasteiger partial charge in [-0.25, -0.2) is 4.79 Å². The molecule has 0 saturated carbocycles. The maximum atomic E-state index is 10.6. The SMILES string of the molecule is O=C1O[C@H](C(O)CO)[C@H](O)[C@@H]1O. The van der Waals surface area contributed by atoms with Crippen LogP contribution in [-0.2, 0) is 9.53 Å². The van der Waals surface area contributed by atoms with Gasteiger partial charge in [-0.2, -0.15) is 0 Å². The van der Waals surface area contributed by atoms with E-state index in [0.29, 0.717) is 0 Å². The van der Waals surface area contributed by atoms with Crippen LogP contribution in [0.25, 0.3) is 0 Å². The first-order valence-corrected chi connectivity index (χ1v) is 3.43. The monoisotopic (exact) mass is 178 g/mol. The lowest BCUT2D eigenvalue weighted by atomic mass is 10.1. The average Bonchev–Trinajstić information content (AvgIpc) is 2.32. The summed E-state index contributed by atoms with van der Waals surface area (Å²) in [5.74, 6) is -0.986. The normalized spacial score (nSPS) is 38.0. The predicted octanol–water partition coefficient (Wildman–Crippen LogP) is -3.01. The third-order valence-electron chi connectivity index (χ3n) is 1.72. The van der Waals surface area contributed by atoms with Crippen molar-refractivity contribution in [2.24, 2.45) is 0 Å². The molecule has 0 spiro atoms. The van der Waals surface area contributed by atoms with E-state index in [9.17, 15) is 4.79 Å². The molecule has 0 aliphatic carbocycles. The molecule has 6 nitrogen and oxygen atoms in total. The molecule has 1 saturated heterocycles. The summed E-state index contributed by atoms with van der Waals surface area (Å²) in [5, 5.41) is 35.3. The molecule has 0 aromatic rings. The minimum atomic E-state index is -1.63. The molecule has 4 N–H and O–H groups in total. The minimum Gasteiger partial charge on any atom is -0.455 e. The molecule has 0 aromatic heterocycles. The largest absolute Gasteiger partial charge is 0.455 e. The highest BCUT2D eigenvalue weighted by molar-refractivity contribution is 5.77. The van der Waals surface area contributed by atoms with Crippen molar-refractivity contribution >= 4 is 5.97 Å². The van der Waals surface area contributed by atoms with Crippen LogP contribution in [0.5, 0.6) is 0 Å². The van der Waals surface area contributed by atoms with Gasteiger partial charge in [0.2, 0.25) is 0 Å².